The molecule has 0 aliphatic heterocycles. The summed E-state index contributed by atoms with van der Waals surface area (Å²) in [4.78, 5) is 25.9. The predicted octanol–water partition coefficient (Wildman–Crippen LogP) is 0.441. The molecule has 0 radical (unpaired) electrons. The summed E-state index contributed by atoms with van der Waals surface area (Å²) < 4.78 is 0. The largest absolute Gasteiger partial charge is 0.355 e. The normalized spacial score (nSPS) is 10.2. The second-order valence-corrected chi connectivity index (χ2v) is 4.69. The van der Waals surface area contributed by atoms with Crippen LogP contribution in [0.1, 0.15) is 6.92 Å². The maximum Gasteiger partial charge on any atom is 0.279 e. The lowest BCUT2D eigenvalue weighted by Crippen LogP contribution is -2.27. The van der Waals surface area contributed by atoms with Crippen molar-refractivity contribution in [2.75, 3.05) is 18.4 Å². The number of thiophene rings is 1. The number of rotatable bonds is 5. The molecule has 0 saturated carbocycles. The van der Waals surface area contributed by atoms with Gasteiger partial charge in [-0.25, -0.2) is 0 Å². The molecule has 0 bridgehead atoms. The molecule has 0 unspecified atom stereocenters. The first-order valence-electron chi connectivity index (χ1n) is 5.66. The summed E-state index contributed by atoms with van der Waals surface area (Å²) in [6.45, 7) is 2.35. The van der Waals surface area contributed by atoms with E-state index >= 15 is 0 Å². The van der Waals surface area contributed by atoms with Crippen LogP contribution in [0.15, 0.2) is 22.3 Å². The van der Waals surface area contributed by atoms with Crippen molar-refractivity contribution in [1.29, 1.82) is 0 Å². The zero-order valence-corrected chi connectivity index (χ0v) is 11.1. The van der Waals surface area contributed by atoms with Crippen LogP contribution in [0.25, 0.3) is 10.6 Å². The van der Waals surface area contributed by atoms with Gasteiger partial charge in [0.1, 0.15) is 0 Å². The first-order valence-corrected chi connectivity index (χ1v) is 6.54. The van der Waals surface area contributed by atoms with E-state index < -0.39 is 0 Å². The number of nitrogens with zero attached hydrogens (tertiary/aromatic N) is 2. The highest BCUT2D eigenvalue weighted by Crippen LogP contribution is 2.18. The first-order chi connectivity index (χ1) is 9.16. The van der Waals surface area contributed by atoms with Crippen molar-refractivity contribution < 1.29 is 4.79 Å². The van der Waals surface area contributed by atoms with Crippen molar-refractivity contribution >= 4 is 23.2 Å². The number of nitrogens with one attached hydrogen (secondary N) is 3. The van der Waals surface area contributed by atoms with Crippen LogP contribution < -0.4 is 16.2 Å². The third kappa shape index (κ3) is 3.62. The molecule has 7 nitrogen and oxygen atoms in total. The van der Waals surface area contributed by atoms with Crippen molar-refractivity contribution in [3.8, 4) is 10.6 Å². The Morgan fingerprint density at radius 2 is 2.26 bits per heavy atom. The fraction of sp³-hybridized carbons (Fsp3) is 0.273. The van der Waals surface area contributed by atoms with Crippen LogP contribution >= 0.6 is 11.3 Å². The average molecular weight is 279 g/mol. The summed E-state index contributed by atoms with van der Waals surface area (Å²) in [6.07, 6.45) is 0. The Morgan fingerprint density at radius 3 is 2.89 bits per heavy atom. The summed E-state index contributed by atoms with van der Waals surface area (Å²) in [7, 11) is 0. The number of anilines is 1. The Labute approximate surface area is 113 Å². The molecule has 0 saturated heterocycles. The van der Waals surface area contributed by atoms with Crippen LogP contribution in [0.4, 0.5) is 5.95 Å². The minimum atomic E-state index is -0.292. The van der Waals surface area contributed by atoms with Gasteiger partial charge in [-0.1, -0.05) is 6.07 Å². The molecular formula is C11H13N5O2S. The summed E-state index contributed by atoms with van der Waals surface area (Å²) >= 11 is 1.43. The standard InChI is InChI=1S/C11H13N5O2S/c1-7(17)12-4-5-13-11-14-10(18)9(15-16-11)8-3-2-6-19-8/h2-3,6H,4-5H2,1H3,(H,12,17)(H2,13,14,16,18). The van der Waals surface area contributed by atoms with Gasteiger partial charge in [0.25, 0.3) is 5.56 Å². The summed E-state index contributed by atoms with van der Waals surface area (Å²) in [5.74, 6) is 0.185. The van der Waals surface area contributed by atoms with Gasteiger partial charge < -0.3 is 10.6 Å². The minimum absolute atomic E-state index is 0.102. The fourth-order valence-corrected chi connectivity index (χ4v) is 2.12. The average Bonchev–Trinajstić information content (AvgIpc) is 2.88. The van der Waals surface area contributed by atoms with Gasteiger partial charge in [-0.15, -0.1) is 21.5 Å². The van der Waals surface area contributed by atoms with Gasteiger partial charge in [0.05, 0.1) is 4.88 Å². The van der Waals surface area contributed by atoms with E-state index in [0.29, 0.717) is 18.8 Å². The van der Waals surface area contributed by atoms with E-state index in [4.69, 9.17) is 0 Å². The number of hydrogen-bond donors (Lipinski definition) is 3. The number of hydrogen-bond acceptors (Lipinski definition) is 6. The predicted molar refractivity (Wildman–Crippen MR) is 73.1 cm³/mol. The maximum absolute atomic E-state index is 11.8. The molecule has 2 heterocycles. The van der Waals surface area contributed by atoms with Gasteiger partial charge in [0.15, 0.2) is 5.69 Å². The molecule has 0 aliphatic rings. The van der Waals surface area contributed by atoms with Crippen molar-refractivity contribution in [3.05, 3.63) is 27.9 Å². The van der Waals surface area contributed by atoms with Crippen molar-refractivity contribution in [2.45, 2.75) is 6.92 Å². The Kier molecular flexibility index (Phi) is 4.24. The van der Waals surface area contributed by atoms with E-state index in [-0.39, 0.29) is 17.4 Å². The Hall–Kier alpha value is -2.22. The summed E-state index contributed by atoms with van der Waals surface area (Å²) in [5.41, 5.74) is 0.0156. The molecule has 100 valence electrons. The minimum Gasteiger partial charge on any atom is -0.355 e. The van der Waals surface area contributed by atoms with Crippen LogP contribution in [0, 0.1) is 0 Å². The molecule has 0 aliphatic carbocycles. The third-order valence-corrected chi connectivity index (χ3v) is 3.12. The molecule has 2 aromatic heterocycles. The highest BCUT2D eigenvalue weighted by atomic mass is 32.1. The molecule has 3 N–H and O–H groups in total. The molecule has 2 aromatic rings. The SMILES string of the molecule is CC(=O)NCCNc1nnc(-c2cccs2)c(=O)[nH]1. The fourth-order valence-electron chi connectivity index (χ4n) is 1.41. The highest BCUT2D eigenvalue weighted by Gasteiger charge is 2.07. The van der Waals surface area contributed by atoms with Gasteiger partial charge in [-0.3, -0.25) is 14.6 Å². The number of aromatic nitrogens is 3. The quantitative estimate of drug-likeness (QED) is 0.690. The number of carbonyl (C=O) groups is 1. The van der Waals surface area contributed by atoms with Crippen molar-refractivity contribution in [1.82, 2.24) is 20.5 Å². The second-order valence-electron chi connectivity index (χ2n) is 3.74. The van der Waals surface area contributed by atoms with Crippen molar-refractivity contribution in [2.24, 2.45) is 0 Å². The monoisotopic (exact) mass is 279 g/mol. The molecule has 0 aromatic carbocycles. The molecule has 0 spiro atoms. The van der Waals surface area contributed by atoms with Crippen molar-refractivity contribution in [3.63, 3.8) is 0 Å². The van der Waals surface area contributed by atoms with Gasteiger partial charge >= 0.3 is 0 Å². The lowest BCUT2D eigenvalue weighted by atomic mass is 10.4. The van der Waals surface area contributed by atoms with Gasteiger partial charge in [-0.2, -0.15) is 0 Å². The molecule has 2 rings (SSSR count). The summed E-state index contributed by atoms with van der Waals surface area (Å²) in [5, 5.41) is 15.2. The summed E-state index contributed by atoms with van der Waals surface area (Å²) in [6, 6.07) is 3.66. The van der Waals surface area contributed by atoms with E-state index in [2.05, 4.69) is 25.8 Å². The van der Waals surface area contributed by atoms with Gasteiger partial charge in [-0.05, 0) is 11.4 Å². The van der Waals surface area contributed by atoms with Crippen LogP contribution in [-0.4, -0.2) is 34.2 Å². The van der Waals surface area contributed by atoms with Crippen LogP contribution in [0.5, 0.6) is 0 Å². The second kappa shape index (κ2) is 6.10. The van der Waals surface area contributed by atoms with E-state index in [9.17, 15) is 9.59 Å². The Morgan fingerprint density at radius 1 is 1.42 bits per heavy atom. The molecule has 0 atom stereocenters. The highest BCUT2D eigenvalue weighted by molar-refractivity contribution is 7.13. The molecule has 1 amide bonds. The van der Waals surface area contributed by atoms with Gasteiger partial charge in [0.2, 0.25) is 11.9 Å². The lowest BCUT2D eigenvalue weighted by Gasteiger charge is -2.05. The molecular weight excluding hydrogens is 266 g/mol. The number of amides is 1. The smallest absolute Gasteiger partial charge is 0.279 e. The first kappa shape index (κ1) is 13.2. The number of aromatic amines is 1. The maximum atomic E-state index is 11.8. The van der Waals surface area contributed by atoms with E-state index in [1.54, 1.807) is 0 Å². The Balaban J connectivity index is 1.99. The topological polar surface area (TPSA) is 99.8 Å². The number of H-pyrrole nitrogens is 1. The van der Waals surface area contributed by atoms with E-state index in [1.165, 1.54) is 18.3 Å². The zero-order chi connectivity index (χ0) is 13.7. The lowest BCUT2D eigenvalue weighted by molar-refractivity contribution is -0.118. The van der Waals surface area contributed by atoms with Gasteiger partial charge in [0, 0.05) is 20.0 Å². The molecule has 8 heteroatoms. The van der Waals surface area contributed by atoms with Crippen LogP contribution in [0.2, 0.25) is 0 Å². The van der Waals surface area contributed by atoms with E-state index in [0.717, 1.165) is 4.88 Å². The Bertz CT molecular complexity index is 608. The number of carbonyl (C=O) groups excluding carboxylic acids is 1. The molecule has 19 heavy (non-hydrogen) atoms. The van der Waals surface area contributed by atoms with Crippen LogP contribution in [0.3, 0.4) is 0 Å². The third-order valence-electron chi connectivity index (χ3n) is 2.24. The zero-order valence-electron chi connectivity index (χ0n) is 10.3. The van der Waals surface area contributed by atoms with E-state index in [1.807, 2.05) is 17.5 Å². The molecule has 0 fully saturated rings. The van der Waals surface area contributed by atoms with Crippen LogP contribution in [-0.2, 0) is 4.79 Å².